The molecule has 2 aromatic rings. The van der Waals surface area contributed by atoms with Crippen LogP contribution in [0, 0.1) is 5.82 Å². The second kappa shape index (κ2) is 7.60. The summed E-state index contributed by atoms with van der Waals surface area (Å²) in [5, 5.41) is 3.81. The number of pyridine rings is 1. The number of halogens is 4. The summed E-state index contributed by atoms with van der Waals surface area (Å²) in [5.41, 5.74) is 1.87. The highest BCUT2D eigenvalue weighted by Crippen LogP contribution is 2.28. The second-order valence-electron chi connectivity index (χ2n) is 5.30. The fourth-order valence-electron chi connectivity index (χ4n) is 2.21. The van der Waals surface area contributed by atoms with Crippen LogP contribution in [0.15, 0.2) is 29.6 Å². The molecule has 1 aliphatic heterocycles. The zero-order valence-electron chi connectivity index (χ0n) is 13.4. The number of hydrazone groups is 1. The predicted molar refractivity (Wildman–Crippen MR) is 85.5 cm³/mol. The molecular weight excluding hydrogens is 356 g/mol. The van der Waals surface area contributed by atoms with Gasteiger partial charge in [0.1, 0.15) is 0 Å². The maximum atomic E-state index is 13.9. The summed E-state index contributed by atoms with van der Waals surface area (Å²) in [4.78, 5) is 13.2. The Morgan fingerprint density at radius 3 is 2.58 bits per heavy atom. The molecule has 1 fully saturated rings. The van der Waals surface area contributed by atoms with E-state index >= 15 is 0 Å². The molecule has 1 saturated heterocycles. The van der Waals surface area contributed by atoms with Gasteiger partial charge in [-0.1, -0.05) is 0 Å². The second-order valence-corrected chi connectivity index (χ2v) is 5.30. The lowest BCUT2D eigenvalue weighted by atomic mass is 10.2. The summed E-state index contributed by atoms with van der Waals surface area (Å²) in [7, 11) is 0. The van der Waals surface area contributed by atoms with Crippen molar-refractivity contribution in [2.24, 2.45) is 5.10 Å². The van der Waals surface area contributed by atoms with Gasteiger partial charge >= 0.3 is 6.18 Å². The van der Waals surface area contributed by atoms with Gasteiger partial charge in [0.25, 0.3) is 0 Å². The largest absolute Gasteiger partial charge is 0.417 e. The Morgan fingerprint density at radius 1 is 1.15 bits per heavy atom. The molecule has 0 radical (unpaired) electrons. The van der Waals surface area contributed by atoms with Gasteiger partial charge in [0.15, 0.2) is 11.6 Å². The van der Waals surface area contributed by atoms with Crippen molar-refractivity contribution in [3.8, 4) is 0 Å². The minimum atomic E-state index is -4.45. The first kappa shape index (κ1) is 18.0. The molecule has 0 bridgehead atoms. The molecule has 138 valence electrons. The van der Waals surface area contributed by atoms with Gasteiger partial charge in [-0.3, -0.25) is 4.98 Å². The average Bonchev–Trinajstić information content (AvgIpc) is 2.63. The zero-order valence-corrected chi connectivity index (χ0v) is 13.4. The number of morpholine rings is 1. The fraction of sp³-hybridized carbons (Fsp3) is 0.333. The van der Waals surface area contributed by atoms with Crippen LogP contribution in [0.25, 0.3) is 0 Å². The van der Waals surface area contributed by atoms with Crippen molar-refractivity contribution >= 4 is 18.0 Å². The van der Waals surface area contributed by atoms with Crippen molar-refractivity contribution < 1.29 is 22.3 Å². The molecule has 0 aliphatic carbocycles. The Hall–Kier alpha value is -2.82. The Bertz CT molecular complexity index is 775. The smallest absolute Gasteiger partial charge is 0.378 e. The van der Waals surface area contributed by atoms with Gasteiger partial charge in [0.2, 0.25) is 5.95 Å². The van der Waals surface area contributed by atoms with E-state index in [1.165, 1.54) is 12.3 Å². The minimum Gasteiger partial charge on any atom is -0.378 e. The SMILES string of the molecule is Fc1cnc(N/N=C\c2ccc(C(F)(F)F)cn2)nc1N1CCOCC1. The van der Waals surface area contributed by atoms with Crippen LogP contribution in [-0.2, 0) is 10.9 Å². The number of aromatic nitrogens is 3. The molecule has 0 atom stereocenters. The Kier molecular flexibility index (Phi) is 5.26. The Labute approximate surface area is 145 Å². The van der Waals surface area contributed by atoms with E-state index in [1.807, 2.05) is 0 Å². The molecule has 0 spiro atoms. The minimum absolute atomic E-state index is 0.0519. The van der Waals surface area contributed by atoms with Gasteiger partial charge in [-0.05, 0) is 12.1 Å². The third-order valence-electron chi connectivity index (χ3n) is 3.51. The van der Waals surface area contributed by atoms with Crippen LogP contribution in [0.5, 0.6) is 0 Å². The summed E-state index contributed by atoms with van der Waals surface area (Å²) in [6.07, 6.45) is -1.50. The van der Waals surface area contributed by atoms with E-state index in [-0.39, 0.29) is 17.5 Å². The van der Waals surface area contributed by atoms with Crippen LogP contribution in [0.3, 0.4) is 0 Å². The van der Waals surface area contributed by atoms with Gasteiger partial charge in [-0.15, -0.1) is 0 Å². The number of alkyl halides is 3. The summed E-state index contributed by atoms with van der Waals surface area (Å²) < 4.78 is 56.5. The lowest BCUT2D eigenvalue weighted by Crippen LogP contribution is -2.37. The van der Waals surface area contributed by atoms with Crippen molar-refractivity contribution in [1.29, 1.82) is 0 Å². The number of rotatable bonds is 4. The Morgan fingerprint density at radius 2 is 1.92 bits per heavy atom. The number of nitrogens with one attached hydrogen (secondary N) is 1. The van der Waals surface area contributed by atoms with E-state index in [0.717, 1.165) is 12.3 Å². The first-order chi connectivity index (χ1) is 12.4. The quantitative estimate of drug-likeness (QED) is 0.506. The van der Waals surface area contributed by atoms with Crippen LogP contribution in [-0.4, -0.2) is 47.5 Å². The molecule has 26 heavy (non-hydrogen) atoms. The zero-order chi connectivity index (χ0) is 18.6. The molecule has 0 saturated carbocycles. The van der Waals surface area contributed by atoms with Crippen molar-refractivity contribution in [2.45, 2.75) is 6.18 Å². The monoisotopic (exact) mass is 370 g/mol. The highest BCUT2D eigenvalue weighted by Gasteiger charge is 2.30. The van der Waals surface area contributed by atoms with Crippen molar-refractivity contribution in [3.63, 3.8) is 0 Å². The van der Waals surface area contributed by atoms with E-state index in [4.69, 9.17) is 4.74 Å². The molecule has 3 rings (SSSR count). The van der Waals surface area contributed by atoms with Gasteiger partial charge in [-0.2, -0.15) is 23.3 Å². The summed E-state index contributed by atoms with van der Waals surface area (Å²) in [6.45, 7) is 1.96. The van der Waals surface area contributed by atoms with Crippen LogP contribution < -0.4 is 10.3 Å². The fourth-order valence-corrected chi connectivity index (χ4v) is 2.21. The molecule has 1 aliphatic rings. The summed E-state index contributed by atoms with van der Waals surface area (Å²) >= 11 is 0. The first-order valence-corrected chi connectivity index (χ1v) is 7.61. The molecular formula is C15H14F4N6O. The molecule has 3 heterocycles. The summed E-state index contributed by atoms with van der Waals surface area (Å²) in [6, 6.07) is 2.08. The molecule has 0 aromatic carbocycles. The third-order valence-corrected chi connectivity index (χ3v) is 3.51. The van der Waals surface area contributed by atoms with Gasteiger partial charge in [-0.25, -0.2) is 14.8 Å². The van der Waals surface area contributed by atoms with Gasteiger partial charge < -0.3 is 9.64 Å². The number of hydrogen-bond acceptors (Lipinski definition) is 7. The van der Waals surface area contributed by atoms with Crippen molar-refractivity contribution in [2.75, 3.05) is 36.6 Å². The van der Waals surface area contributed by atoms with Crippen LogP contribution in [0.1, 0.15) is 11.3 Å². The van der Waals surface area contributed by atoms with Gasteiger partial charge in [0, 0.05) is 19.3 Å². The maximum absolute atomic E-state index is 13.9. The molecule has 0 unspecified atom stereocenters. The highest BCUT2D eigenvalue weighted by molar-refractivity contribution is 5.77. The number of nitrogens with zero attached hydrogens (tertiary/aromatic N) is 5. The first-order valence-electron chi connectivity index (χ1n) is 7.61. The van der Waals surface area contributed by atoms with Gasteiger partial charge in [0.05, 0.1) is 36.9 Å². The number of ether oxygens (including phenoxy) is 1. The van der Waals surface area contributed by atoms with Crippen molar-refractivity contribution in [1.82, 2.24) is 15.0 Å². The topological polar surface area (TPSA) is 75.5 Å². The normalized spacial score (nSPS) is 15.5. The molecule has 11 heteroatoms. The molecule has 1 N–H and O–H groups in total. The van der Waals surface area contributed by atoms with Crippen LogP contribution in [0.4, 0.5) is 29.3 Å². The van der Waals surface area contributed by atoms with Crippen LogP contribution in [0.2, 0.25) is 0 Å². The van der Waals surface area contributed by atoms with E-state index in [2.05, 4.69) is 25.5 Å². The maximum Gasteiger partial charge on any atom is 0.417 e. The lowest BCUT2D eigenvalue weighted by Gasteiger charge is -2.27. The highest BCUT2D eigenvalue weighted by atomic mass is 19.4. The van der Waals surface area contributed by atoms with E-state index in [0.29, 0.717) is 32.5 Å². The van der Waals surface area contributed by atoms with E-state index < -0.39 is 17.6 Å². The standard InChI is InChI=1S/C15H14F4N6O/c16-12-9-21-14(23-13(12)25-3-5-26-6-4-25)24-22-8-11-2-1-10(7-20-11)15(17,18)19/h1-2,7-9H,3-6H2,(H,21,23,24)/b22-8-. The lowest BCUT2D eigenvalue weighted by molar-refractivity contribution is -0.137. The summed E-state index contributed by atoms with van der Waals surface area (Å²) in [5.74, 6) is -0.379. The van der Waals surface area contributed by atoms with Crippen molar-refractivity contribution in [3.05, 3.63) is 41.6 Å². The van der Waals surface area contributed by atoms with E-state index in [9.17, 15) is 17.6 Å². The third kappa shape index (κ3) is 4.42. The molecule has 2 aromatic heterocycles. The number of hydrogen-bond donors (Lipinski definition) is 1. The Balaban J connectivity index is 1.66. The molecule has 7 nitrogen and oxygen atoms in total. The predicted octanol–water partition coefficient (Wildman–Crippen LogP) is 2.31. The average molecular weight is 370 g/mol. The number of anilines is 2. The van der Waals surface area contributed by atoms with Crippen LogP contribution >= 0.6 is 0 Å². The molecule has 0 amide bonds. The van der Waals surface area contributed by atoms with E-state index in [1.54, 1.807) is 4.90 Å².